The highest BCUT2D eigenvalue weighted by Crippen LogP contribution is 2.19. The average Bonchev–Trinajstić information content (AvgIpc) is 2.84. The van der Waals surface area contributed by atoms with Crippen molar-refractivity contribution in [3.8, 4) is 5.69 Å². The fraction of sp³-hybridized carbons (Fsp3) is 0.357. The summed E-state index contributed by atoms with van der Waals surface area (Å²) in [7, 11) is 0. The lowest BCUT2D eigenvalue weighted by Crippen LogP contribution is -2.07. The van der Waals surface area contributed by atoms with Crippen molar-refractivity contribution in [2.75, 3.05) is 11.9 Å². The van der Waals surface area contributed by atoms with Crippen molar-refractivity contribution in [3.63, 3.8) is 0 Å². The largest absolute Gasteiger partial charge is 0.355 e. The molecule has 0 aliphatic rings. The van der Waals surface area contributed by atoms with Crippen LogP contribution in [-0.4, -0.2) is 16.1 Å². The Labute approximate surface area is 103 Å². The zero-order valence-electron chi connectivity index (χ0n) is 10.5. The first-order valence-electron chi connectivity index (χ1n) is 6.22. The van der Waals surface area contributed by atoms with Gasteiger partial charge in [0.15, 0.2) is 0 Å². The van der Waals surface area contributed by atoms with E-state index in [0.29, 0.717) is 0 Å². The predicted octanol–water partition coefficient (Wildman–Crippen LogP) is 3.26. The number of hydrogen-bond donors (Lipinski definition) is 1. The highest BCUT2D eigenvalue weighted by Gasteiger charge is 2.06. The number of rotatable bonds is 5. The van der Waals surface area contributed by atoms with Crippen molar-refractivity contribution < 1.29 is 0 Å². The van der Waals surface area contributed by atoms with Crippen LogP contribution in [0.3, 0.4) is 0 Å². The molecule has 90 valence electrons. The van der Waals surface area contributed by atoms with Crippen LogP contribution in [0.1, 0.15) is 25.8 Å². The number of aryl methyl sites for hydroxylation is 1. The zero-order valence-corrected chi connectivity index (χ0v) is 10.5. The molecule has 1 heterocycles. The quantitative estimate of drug-likeness (QED) is 0.853. The van der Waals surface area contributed by atoms with E-state index >= 15 is 0 Å². The second-order valence-electron chi connectivity index (χ2n) is 4.03. The summed E-state index contributed by atoms with van der Waals surface area (Å²) in [5.74, 6) is 0.924. The molecular formula is C14H19N3. The third kappa shape index (κ3) is 2.49. The van der Waals surface area contributed by atoms with Gasteiger partial charge in [-0.25, -0.2) is 4.98 Å². The van der Waals surface area contributed by atoms with Gasteiger partial charge in [-0.2, -0.15) is 0 Å². The van der Waals surface area contributed by atoms with Crippen LogP contribution in [0.5, 0.6) is 0 Å². The predicted molar refractivity (Wildman–Crippen MR) is 71.7 cm³/mol. The molecule has 1 N–H and O–H groups in total. The van der Waals surface area contributed by atoms with E-state index in [4.69, 9.17) is 0 Å². The standard InChI is InChI=1S/C14H19N3/c1-3-9-15-14-16-10-11-17(14)13-8-6-5-7-12(13)4-2/h5-8,10-11H,3-4,9H2,1-2H3,(H,15,16). The Hall–Kier alpha value is -1.77. The third-order valence-electron chi connectivity index (χ3n) is 2.81. The van der Waals surface area contributed by atoms with Gasteiger partial charge in [-0.1, -0.05) is 32.0 Å². The van der Waals surface area contributed by atoms with E-state index in [2.05, 4.69) is 53.0 Å². The molecule has 0 aliphatic carbocycles. The summed E-state index contributed by atoms with van der Waals surface area (Å²) in [6, 6.07) is 8.45. The number of imidazole rings is 1. The monoisotopic (exact) mass is 229 g/mol. The van der Waals surface area contributed by atoms with Gasteiger partial charge in [0.25, 0.3) is 0 Å². The molecule has 0 atom stereocenters. The first-order valence-corrected chi connectivity index (χ1v) is 6.22. The minimum Gasteiger partial charge on any atom is -0.355 e. The van der Waals surface area contributed by atoms with Crippen molar-refractivity contribution in [2.24, 2.45) is 0 Å². The van der Waals surface area contributed by atoms with Crippen LogP contribution in [0.2, 0.25) is 0 Å². The van der Waals surface area contributed by atoms with E-state index in [9.17, 15) is 0 Å². The summed E-state index contributed by atoms with van der Waals surface area (Å²) < 4.78 is 2.12. The number of benzene rings is 1. The number of aromatic nitrogens is 2. The normalized spacial score (nSPS) is 10.5. The Kier molecular flexibility index (Phi) is 3.81. The molecule has 0 fully saturated rings. The van der Waals surface area contributed by atoms with Crippen LogP contribution in [0.25, 0.3) is 5.69 Å². The summed E-state index contributed by atoms with van der Waals surface area (Å²) >= 11 is 0. The fourth-order valence-corrected chi connectivity index (χ4v) is 1.91. The number of nitrogens with zero attached hydrogens (tertiary/aromatic N) is 2. The van der Waals surface area contributed by atoms with E-state index in [1.165, 1.54) is 11.3 Å². The molecule has 0 saturated heterocycles. The molecule has 0 amide bonds. The molecule has 2 aromatic rings. The number of anilines is 1. The first-order chi connectivity index (χ1) is 8.36. The summed E-state index contributed by atoms with van der Waals surface area (Å²) in [4.78, 5) is 4.36. The van der Waals surface area contributed by atoms with Gasteiger partial charge in [0.05, 0.1) is 5.69 Å². The molecule has 0 bridgehead atoms. The maximum absolute atomic E-state index is 4.36. The number of hydrogen-bond acceptors (Lipinski definition) is 2. The topological polar surface area (TPSA) is 29.9 Å². The average molecular weight is 229 g/mol. The lowest BCUT2D eigenvalue weighted by Gasteiger charge is -2.12. The van der Waals surface area contributed by atoms with Crippen molar-refractivity contribution in [1.82, 2.24) is 9.55 Å². The first kappa shape index (κ1) is 11.7. The summed E-state index contributed by atoms with van der Waals surface area (Å²) in [6.45, 7) is 5.28. The van der Waals surface area contributed by atoms with Crippen molar-refractivity contribution in [1.29, 1.82) is 0 Å². The van der Waals surface area contributed by atoms with Crippen molar-refractivity contribution in [3.05, 3.63) is 42.2 Å². The van der Waals surface area contributed by atoms with E-state index in [1.807, 2.05) is 12.4 Å². The van der Waals surface area contributed by atoms with E-state index in [1.54, 1.807) is 0 Å². The molecule has 0 saturated carbocycles. The Bertz CT molecular complexity index is 474. The molecule has 0 radical (unpaired) electrons. The van der Waals surface area contributed by atoms with Gasteiger partial charge in [-0.05, 0) is 24.5 Å². The summed E-state index contributed by atoms with van der Waals surface area (Å²) in [6.07, 6.45) is 5.97. The zero-order chi connectivity index (χ0) is 12.1. The lowest BCUT2D eigenvalue weighted by molar-refractivity contribution is 0.929. The maximum Gasteiger partial charge on any atom is 0.207 e. The molecule has 17 heavy (non-hydrogen) atoms. The van der Waals surface area contributed by atoms with Crippen LogP contribution in [0.15, 0.2) is 36.7 Å². The Morgan fingerprint density at radius 1 is 1.24 bits per heavy atom. The Morgan fingerprint density at radius 3 is 2.82 bits per heavy atom. The summed E-state index contributed by atoms with van der Waals surface area (Å²) in [5.41, 5.74) is 2.55. The maximum atomic E-state index is 4.36. The number of para-hydroxylation sites is 1. The van der Waals surface area contributed by atoms with E-state index in [0.717, 1.165) is 25.3 Å². The van der Waals surface area contributed by atoms with Crippen LogP contribution in [0.4, 0.5) is 5.95 Å². The Balaban J connectivity index is 2.35. The molecule has 1 aromatic carbocycles. The summed E-state index contributed by atoms with van der Waals surface area (Å²) in [5, 5.41) is 3.34. The fourth-order valence-electron chi connectivity index (χ4n) is 1.91. The smallest absolute Gasteiger partial charge is 0.207 e. The van der Waals surface area contributed by atoms with Gasteiger partial charge in [-0.15, -0.1) is 0 Å². The van der Waals surface area contributed by atoms with Gasteiger partial charge >= 0.3 is 0 Å². The Morgan fingerprint density at radius 2 is 2.06 bits per heavy atom. The molecule has 3 heteroatoms. The van der Waals surface area contributed by atoms with Crippen LogP contribution in [-0.2, 0) is 6.42 Å². The highest BCUT2D eigenvalue weighted by molar-refractivity contribution is 5.47. The van der Waals surface area contributed by atoms with Crippen molar-refractivity contribution in [2.45, 2.75) is 26.7 Å². The second kappa shape index (κ2) is 5.53. The number of nitrogens with one attached hydrogen (secondary N) is 1. The molecule has 2 rings (SSSR count). The van der Waals surface area contributed by atoms with Gasteiger partial charge in [0, 0.05) is 18.9 Å². The second-order valence-corrected chi connectivity index (χ2v) is 4.03. The molecule has 0 unspecified atom stereocenters. The van der Waals surface area contributed by atoms with Crippen LogP contribution in [0, 0.1) is 0 Å². The molecular weight excluding hydrogens is 210 g/mol. The molecule has 3 nitrogen and oxygen atoms in total. The van der Waals surface area contributed by atoms with Gasteiger partial charge in [-0.3, -0.25) is 4.57 Å². The van der Waals surface area contributed by atoms with E-state index < -0.39 is 0 Å². The van der Waals surface area contributed by atoms with Crippen LogP contribution < -0.4 is 5.32 Å². The van der Waals surface area contributed by atoms with Gasteiger partial charge in [0.2, 0.25) is 5.95 Å². The van der Waals surface area contributed by atoms with Crippen molar-refractivity contribution >= 4 is 5.95 Å². The third-order valence-corrected chi connectivity index (χ3v) is 2.81. The molecule has 0 spiro atoms. The minimum atomic E-state index is 0.924. The lowest BCUT2D eigenvalue weighted by atomic mass is 10.1. The minimum absolute atomic E-state index is 0.924. The highest BCUT2D eigenvalue weighted by atomic mass is 15.2. The van der Waals surface area contributed by atoms with Gasteiger partial charge in [0.1, 0.15) is 0 Å². The van der Waals surface area contributed by atoms with Gasteiger partial charge < -0.3 is 5.32 Å². The molecule has 1 aromatic heterocycles. The molecule has 0 aliphatic heterocycles. The van der Waals surface area contributed by atoms with E-state index in [-0.39, 0.29) is 0 Å². The van der Waals surface area contributed by atoms with Crippen LogP contribution >= 0.6 is 0 Å². The SMILES string of the molecule is CCCNc1nccn1-c1ccccc1CC.